The number of amides is 1. The molecule has 164 valence electrons. The minimum absolute atomic E-state index is 0.0658. The predicted molar refractivity (Wildman–Crippen MR) is 118 cm³/mol. The first-order valence-electron chi connectivity index (χ1n) is 10.8. The second-order valence-corrected chi connectivity index (χ2v) is 8.14. The number of rotatable bonds is 9. The van der Waals surface area contributed by atoms with Gasteiger partial charge in [-0.05, 0) is 57.3 Å². The molecule has 1 aromatic carbocycles. The van der Waals surface area contributed by atoms with Gasteiger partial charge in [-0.1, -0.05) is 18.2 Å². The Balaban J connectivity index is 1.53. The minimum Gasteiger partial charge on any atom is -0.383 e. The molecule has 7 heteroatoms. The highest BCUT2D eigenvalue weighted by Crippen LogP contribution is 2.23. The van der Waals surface area contributed by atoms with Gasteiger partial charge in [0, 0.05) is 39.4 Å². The van der Waals surface area contributed by atoms with Gasteiger partial charge in [-0.3, -0.25) is 19.2 Å². The Bertz CT molecular complexity index is 880. The van der Waals surface area contributed by atoms with E-state index in [0.717, 1.165) is 49.3 Å². The number of likely N-dealkylation sites (tertiary alicyclic amines) is 1. The molecular weight excluding hydrogens is 380 g/mol. The number of para-hydroxylation sites is 1. The highest BCUT2D eigenvalue weighted by atomic mass is 16.5. The van der Waals surface area contributed by atoms with Gasteiger partial charge < -0.3 is 10.1 Å². The van der Waals surface area contributed by atoms with Gasteiger partial charge >= 0.3 is 0 Å². The van der Waals surface area contributed by atoms with Gasteiger partial charge in [0.05, 0.1) is 17.9 Å². The fraction of sp³-hybridized carbons (Fsp3) is 0.565. The highest BCUT2D eigenvalue weighted by Gasteiger charge is 2.23. The van der Waals surface area contributed by atoms with Gasteiger partial charge in [0.1, 0.15) is 0 Å². The van der Waals surface area contributed by atoms with E-state index in [9.17, 15) is 9.59 Å². The highest BCUT2D eigenvalue weighted by molar-refractivity contribution is 5.75. The van der Waals surface area contributed by atoms with Crippen LogP contribution in [0.5, 0.6) is 0 Å². The summed E-state index contributed by atoms with van der Waals surface area (Å²) in [4.78, 5) is 27.3. The number of nitrogens with one attached hydrogen (secondary N) is 1. The number of hydrogen-bond donors (Lipinski definition) is 1. The average Bonchev–Trinajstić information content (AvgIpc) is 2.97. The lowest BCUT2D eigenvalue weighted by Crippen LogP contribution is -2.35. The molecule has 3 rings (SSSR count). The Morgan fingerprint density at radius 3 is 2.57 bits per heavy atom. The van der Waals surface area contributed by atoms with E-state index in [1.54, 1.807) is 11.8 Å². The molecule has 1 aromatic heterocycles. The van der Waals surface area contributed by atoms with Crippen LogP contribution < -0.4 is 10.9 Å². The van der Waals surface area contributed by atoms with Gasteiger partial charge in [-0.25, -0.2) is 4.68 Å². The minimum atomic E-state index is 0.0658. The first-order valence-corrected chi connectivity index (χ1v) is 10.8. The molecular formula is C23H34N4O3. The van der Waals surface area contributed by atoms with Crippen LogP contribution in [-0.4, -0.2) is 53.5 Å². The van der Waals surface area contributed by atoms with E-state index in [1.165, 1.54) is 0 Å². The van der Waals surface area contributed by atoms with Crippen LogP contribution >= 0.6 is 0 Å². The van der Waals surface area contributed by atoms with Gasteiger partial charge in [-0.15, -0.1) is 0 Å². The van der Waals surface area contributed by atoms with Crippen molar-refractivity contribution in [2.75, 3.05) is 33.4 Å². The molecule has 0 spiro atoms. The Morgan fingerprint density at radius 2 is 1.90 bits per heavy atom. The largest absolute Gasteiger partial charge is 0.383 e. The molecule has 0 atom stereocenters. The van der Waals surface area contributed by atoms with Crippen molar-refractivity contribution in [2.45, 2.75) is 39.2 Å². The maximum Gasteiger partial charge on any atom is 0.276 e. The Labute approximate surface area is 178 Å². The van der Waals surface area contributed by atoms with E-state index in [-0.39, 0.29) is 11.5 Å². The molecule has 1 saturated heterocycles. The summed E-state index contributed by atoms with van der Waals surface area (Å²) in [5, 5.41) is 2.88. The summed E-state index contributed by atoms with van der Waals surface area (Å²) >= 11 is 0. The van der Waals surface area contributed by atoms with Crippen LogP contribution in [0, 0.1) is 12.8 Å². The number of methoxy groups -OCH3 is 1. The van der Waals surface area contributed by atoms with Crippen LogP contribution in [0.3, 0.4) is 0 Å². The lowest BCUT2D eigenvalue weighted by Gasteiger charge is -2.31. The molecule has 1 amide bonds. The molecule has 1 N–H and O–H groups in total. The van der Waals surface area contributed by atoms with Crippen LogP contribution in [-0.2, 0) is 23.1 Å². The third kappa shape index (κ3) is 5.40. The first kappa shape index (κ1) is 22.3. The summed E-state index contributed by atoms with van der Waals surface area (Å²) < 4.78 is 8.65. The molecule has 1 aliphatic rings. The number of piperidine rings is 1. The van der Waals surface area contributed by atoms with Crippen molar-refractivity contribution >= 4 is 5.91 Å². The molecule has 2 heterocycles. The average molecular weight is 415 g/mol. The summed E-state index contributed by atoms with van der Waals surface area (Å²) in [6.45, 7) is 5.76. The van der Waals surface area contributed by atoms with E-state index in [0.29, 0.717) is 32.0 Å². The van der Waals surface area contributed by atoms with Gasteiger partial charge in [-0.2, -0.15) is 0 Å². The fourth-order valence-electron chi connectivity index (χ4n) is 4.18. The molecule has 0 unspecified atom stereocenters. The monoisotopic (exact) mass is 414 g/mol. The second-order valence-electron chi connectivity index (χ2n) is 8.14. The molecule has 2 aromatic rings. The van der Waals surface area contributed by atoms with E-state index >= 15 is 0 Å². The fourth-order valence-corrected chi connectivity index (χ4v) is 4.18. The van der Waals surface area contributed by atoms with Crippen LogP contribution in [0.2, 0.25) is 0 Å². The Kier molecular flexibility index (Phi) is 7.87. The van der Waals surface area contributed by atoms with Crippen molar-refractivity contribution in [3.8, 4) is 5.69 Å². The smallest absolute Gasteiger partial charge is 0.276 e. The van der Waals surface area contributed by atoms with Gasteiger partial charge in [0.2, 0.25) is 5.91 Å². The number of ether oxygens (including phenoxy) is 1. The zero-order chi connectivity index (χ0) is 21.5. The number of aromatic nitrogens is 2. The zero-order valence-electron chi connectivity index (χ0n) is 18.4. The van der Waals surface area contributed by atoms with Crippen molar-refractivity contribution in [1.29, 1.82) is 0 Å². The molecule has 7 nitrogen and oxygen atoms in total. The summed E-state index contributed by atoms with van der Waals surface area (Å²) in [5.41, 5.74) is 2.84. The van der Waals surface area contributed by atoms with Gasteiger partial charge in [0.15, 0.2) is 0 Å². The lowest BCUT2D eigenvalue weighted by molar-refractivity contribution is -0.121. The summed E-state index contributed by atoms with van der Waals surface area (Å²) in [6, 6.07) is 9.78. The Hall–Kier alpha value is -2.38. The van der Waals surface area contributed by atoms with E-state index in [1.807, 2.05) is 49.0 Å². The molecule has 0 bridgehead atoms. The molecule has 0 radical (unpaired) electrons. The van der Waals surface area contributed by atoms with Crippen LogP contribution in [0.4, 0.5) is 0 Å². The topological polar surface area (TPSA) is 68.5 Å². The predicted octanol–water partition coefficient (Wildman–Crippen LogP) is 2.24. The molecule has 0 saturated carbocycles. The van der Waals surface area contributed by atoms with E-state index in [4.69, 9.17) is 4.74 Å². The zero-order valence-corrected chi connectivity index (χ0v) is 18.4. The molecule has 1 aliphatic heterocycles. The van der Waals surface area contributed by atoms with Crippen LogP contribution in [0.1, 0.15) is 36.9 Å². The van der Waals surface area contributed by atoms with E-state index in [2.05, 4.69) is 10.2 Å². The summed E-state index contributed by atoms with van der Waals surface area (Å²) in [5.74, 6) is 0.683. The van der Waals surface area contributed by atoms with Crippen LogP contribution in [0.15, 0.2) is 35.1 Å². The van der Waals surface area contributed by atoms with Crippen molar-refractivity contribution in [3.63, 3.8) is 0 Å². The first-order chi connectivity index (χ1) is 14.5. The SMILES string of the molecule is COCCNC(=O)CCC1CCN(Cc2c(C)n(C)n(-c3ccccc3)c2=O)CC1. The maximum atomic E-state index is 13.1. The number of carbonyl (C=O) groups is 1. The normalized spacial score (nSPS) is 15.4. The van der Waals surface area contributed by atoms with Crippen molar-refractivity contribution in [1.82, 2.24) is 19.6 Å². The molecule has 0 aliphatic carbocycles. The lowest BCUT2D eigenvalue weighted by atomic mass is 9.92. The summed E-state index contributed by atoms with van der Waals surface area (Å²) in [6.07, 6.45) is 3.65. The third-order valence-electron chi connectivity index (χ3n) is 6.17. The Morgan fingerprint density at radius 1 is 1.20 bits per heavy atom. The second kappa shape index (κ2) is 10.6. The maximum absolute atomic E-state index is 13.1. The summed E-state index contributed by atoms with van der Waals surface area (Å²) in [7, 11) is 3.57. The molecule has 1 fully saturated rings. The third-order valence-corrected chi connectivity index (χ3v) is 6.17. The van der Waals surface area contributed by atoms with Crippen molar-refractivity contribution < 1.29 is 9.53 Å². The standard InChI is InChI=1S/C23H34N4O3/c1-18-21(23(29)27(25(18)2)20-7-5-4-6-8-20)17-26-14-11-19(12-15-26)9-10-22(28)24-13-16-30-3/h4-8,19H,9-17H2,1-3H3,(H,24,28). The molecule has 30 heavy (non-hydrogen) atoms. The van der Waals surface area contributed by atoms with Crippen molar-refractivity contribution in [3.05, 3.63) is 51.9 Å². The quantitative estimate of drug-likeness (QED) is 0.639. The number of benzene rings is 1. The van der Waals surface area contributed by atoms with Crippen molar-refractivity contribution in [2.24, 2.45) is 13.0 Å². The number of nitrogens with zero attached hydrogens (tertiary/aromatic N) is 3. The number of hydrogen-bond acceptors (Lipinski definition) is 4. The number of carbonyl (C=O) groups excluding carboxylic acids is 1. The van der Waals surface area contributed by atoms with Crippen LogP contribution in [0.25, 0.3) is 5.69 Å². The van der Waals surface area contributed by atoms with Gasteiger partial charge in [0.25, 0.3) is 5.56 Å². The van der Waals surface area contributed by atoms with E-state index < -0.39 is 0 Å².